The molecule has 68 valence electrons. The Morgan fingerprint density at radius 3 is 2.15 bits per heavy atom. The second kappa shape index (κ2) is 2.91. The molecular weight excluding hydrogens is 174 g/mol. The predicted molar refractivity (Wildman–Crippen MR) is 43.7 cm³/mol. The minimum Gasteiger partial charge on any atom is -0.298 e. The molecule has 0 unspecified atom stereocenters. The average molecular weight is 182 g/mol. The van der Waals surface area contributed by atoms with E-state index < -0.39 is 17.2 Å². The van der Waals surface area contributed by atoms with Gasteiger partial charge in [0.1, 0.15) is 11.6 Å². The molecular formula is C10H8F2O. The van der Waals surface area contributed by atoms with Crippen LogP contribution in [0, 0.1) is 11.6 Å². The molecule has 1 aliphatic carbocycles. The molecule has 0 spiro atoms. The Balaban J connectivity index is 2.48. The standard InChI is InChI=1S/C10H8F2O/c11-9-3-7(6-1-2-6)4-10(12)8(9)5-13/h3-6H,1-2H2. The quantitative estimate of drug-likeness (QED) is 0.642. The topological polar surface area (TPSA) is 17.1 Å². The van der Waals surface area contributed by atoms with Gasteiger partial charge in [-0.3, -0.25) is 4.79 Å². The molecule has 1 aliphatic rings. The maximum atomic E-state index is 13.0. The molecule has 0 bridgehead atoms. The smallest absolute Gasteiger partial charge is 0.155 e. The second-order valence-electron chi connectivity index (χ2n) is 3.29. The number of rotatable bonds is 2. The Morgan fingerprint density at radius 2 is 1.77 bits per heavy atom. The normalized spacial score (nSPS) is 15.8. The zero-order valence-electron chi connectivity index (χ0n) is 6.89. The fourth-order valence-electron chi connectivity index (χ4n) is 1.37. The van der Waals surface area contributed by atoms with E-state index in [4.69, 9.17) is 0 Å². The van der Waals surface area contributed by atoms with E-state index in [0.717, 1.165) is 12.8 Å². The zero-order valence-corrected chi connectivity index (χ0v) is 6.89. The molecule has 0 atom stereocenters. The molecule has 1 aromatic carbocycles. The van der Waals surface area contributed by atoms with Crippen LogP contribution in [0.25, 0.3) is 0 Å². The van der Waals surface area contributed by atoms with Crippen molar-refractivity contribution in [1.82, 2.24) is 0 Å². The summed E-state index contributed by atoms with van der Waals surface area (Å²) >= 11 is 0. The van der Waals surface area contributed by atoms with Crippen LogP contribution < -0.4 is 0 Å². The lowest BCUT2D eigenvalue weighted by Crippen LogP contribution is -1.95. The molecule has 1 aromatic rings. The van der Waals surface area contributed by atoms with E-state index in [1.165, 1.54) is 12.1 Å². The summed E-state index contributed by atoms with van der Waals surface area (Å²) in [5.41, 5.74) is 0.199. The predicted octanol–water partition coefficient (Wildman–Crippen LogP) is 2.65. The van der Waals surface area contributed by atoms with Crippen molar-refractivity contribution in [1.29, 1.82) is 0 Å². The van der Waals surface area contributed by atoms with Crippen LogP contribution in [0.5, 0.6) is 0 Å². The van der Waals surface area contributed by atoms with Gasteiger partial charge in [0.15, 0.2) is 6.29 Å². The molecule has 0 amide bonds. The Morgan fingerprint density at radius 1 is 1.23 bits per heavy atom. The van der Waals surface area contributed by atoms with Gasteiger partial charge in [-0.25, -0.2) is 8.78 Å². The van der Waals surface area contributed by atoms with Crippen molar-refractivity contribution >= 4 is 6.29 Å². The summed E-state index contributed by atoms with van der Waals surface area (Å²) in [4.78, 5) is 10.3. The van der Waals surface area contributed by atoms with E-state index in [1.54, 1.807) is 0 Å². The van der Waals surface area contributed by atoms with Crippen LogP contribution in [0.4, 0.5) is 8.78 Å². The fourth-order valence-corrected chi connectivity index (χ4v) is 1.37. The van der Waals surface area contributed by atoms with E-state index in [-0.39, 0.29) is 6.29 Å². The van der Waals surface area contributed by atoms with Crippen molar-refractivity contribution in [3.05, 3.63) is 34.9 Å². The highest BCUT2D eigenvalue weighted by molar-refractivity contribution is 5.75. The van der Waals surface area contributed by atoms with Gasteiger partial charge in [0, 0.05) is 0 Å². The van der Waals surface area contributed by atoms with E-state index in [0.29, 0.717) is 11.5 Å². The summed E-state index contributed by atoms with van der Waals surface area (Å²) in [6.07, 6.45) is 2.18. The average Bonchev–Trinajstić information content (AvgIpc) is 2.85. The van der Waals surface area contributed by atoms with Crippen molar-refractivity contribution < 1.29 is 13.6 Å². The minimum atomic E-state index is -0.753. The van der Waals surface area contributed by atoms with Crippen LogP contribution in [-0.4, -0.2) is 6.29 Å². The number of carbonyl (C=O) groups excluding carboxylic acids is 1. The number of hydrogen-bond donors (Lipinski definition) is 0. The number of hydrogen-bond acceptors (Lipinski definition) is 1. The van der Waals surface area contributed by atoms with Crippen LogP contribution in [0.2, 0.25) is 0 Å². The second-order valence-corrected chi connectivity index (χ2v) is 3.29. The summed E-state index contributed by atoms with van der Waals surface area (Å²) in [6, 6.07) is 2.51. The maximum Gasteiger partial charge on any atom is 0.155 e. The third-order valence-electron chi connectivity index (χ3n) is 2.27. The summed E-state index contributed by atoms with van der Waals surface area (Å²) in [6.45, 7) is 0. The van der Waals surface area contributed by atoms with Crippen LogP contribution >= 0.6 is 0 Å². The van der Waals surface area contributed by atoms with Gasteiger partial charge in [-0.15, -0.1) is 0 Å². The molecule has 13 heavy (non-hydrogen) atoms. The van der Waals surface area contributed by atoms with Gasteiger partial charge in [-0.2, -0.15) is 0 Å². The van der Waals surface area contributed by atoms with E-state index >= 15 is 0 Å². The van der Waals surface area contributed by atoms with Gasteiger partial charge in [0.2, 0.25) is 0 Å². The first kappa shape index (κ1) is 8.35. The maximum absolute atomic E-state index is 13.0. The summed E-state index contributed by atoms with van der Waals surface area (Å²) in [5.74, 6) is -1.21. The lowest BCUT2D eigenvalue weighted by atomic mass is 10.1. The SMILES string of the molecule is O=Cc1c(F)cc(C2CC2)cc1F. The highest BCUT2D eigenvalue weighted by Crippen LogP contribution is 2.40. The number of carbonyl (C=O) groups is 1. The first-order chi connectivity index (χ1) is 6.22. The molecule has 0 saturated heterocycles. The van der Waals surface area contributed by atoms with Gasteiger partial charge in [0.25, 0.3) is 0 Å². The third-order valence-corrected chi connectivity index (χ3v) is 2.27. The van der Waals surface area contributed by atoms with Crippen LogP contribution in [-0.2, 0) is 0 Å². The molecule has 1 fully saturated rings. The summed E-state index contributed by atoms with van der Waals surface area (Å²) in [7, 11) is 0. The van der Waals surface area contributed by atoms with Gasteiger partial charge in [0.05, 0.1) is 5.56 Å². The molecule has 0 aliphatic heterocycles. The third kappa shape index (κ3) is 1.46. The van der Waals surface area contributed by atoms with E-state index in [2.05, 4.69) is 0 Å². The van der Waals surface area contributed by atoms with Crippen LogP contribution in [0.15, 0.2) is 12.1 Å². The van der Waals surface area contributed by atoms with Crippen molar-refractivity contribution in [2.45, 2.75) is 18.8 Å². The Labute approximate surface area is 74.4 Å². The highest BCUT2D eigenvalue weighted by Gasteiger charge is 2.25. The highest BCUT2D eigenvalue weighted by atomic mass is 19.1. The van der Waals surface area contributed by atoms with Crippen molar-refractivity contribution in [3.8, 4) is 0 Å². The Hall–Kier alpha value is -1.25. The van der Waals surface area contributed by atoms with E-state index in [9.17, 15) is 13.6 Å². The van der Waals surface area contributed by atoms with Crippen LogP contribution in [0.1, 0.15) is 34.7 Å². The van der Waals surface area contributed by atoms with Crippen LogP contribution in [0.3, 0.4) is 0 Å². The lowest BCUT2D eigenvalue weighted by molar-refractivity contribution is 0.111. The Kier molecular flexibility index (Phi) is 1.87. The summed E-state index contributed by atoms with van der Waals surface area (Å²) < 4.78 is 26.1. The molecule has 0 radical (unpaired) electrons. The lowest BCUT2D eigenvalue weighted by Gasteiger charge is -2.01. The number of benzene rings is 1. The number of halogens is 2. The molecule has 1 saturated carbocycles. The minimum absolute atomic E-state index is 0.210. The molecule has 0 heterocycles. The fraction of sp³-hybridized carbons (Fsp3) is 0.300. The molecule has 2 rings (SSSR count). The van der Waals surface area contributed by atoms with Gasteiger partial charge in [-0.1, -0.05) is 0 Å². The number of aldehydes is 1. The van der Waals surface area contributed by atoms with E-state index in [1.807, 2.05) is 0 Å². The van der Waals surface area contributed by atoms with Crippen molar-refractivity contribution in [2.75, 3.05) is 0 Å². The van der Waals surface area contributed by atoms with Gasteiger partial charge >= 0.3 is 0 Å². The van der Waals surface area contributed by atoms with Crippen molar-refractivity contribution in [2.24, 2.45) is 0 Å². The zero-order chi connectivity index (χ0) is 9.42. The van der Waals surface area contributed by atoms with Gasteiger partial charge < -0.3 is 0 Å². The first-order valence-electron chi connectivity index (χ1n) is 4.16. The first-order valence-corrected chi connectivity index (χ1v) is 4.16. The molecule has 0 aromatic heterocycles. The van der Waals surface area contributed by atoms with Gasteiger partial charge in [-0.05, 0) is 36.5 Å². The monoisotopic (exact) mass is 182 g/mol. The van der Waals surface area contributed by atoms with Crippen molar-refractivity contribution in [3.63, 3.8) is 0 Å². The largest absolute Gasteiger partial charge is 0.298 e. The Bertz CT molecular complexity index is 333. The summed E-state index contributed by atoms with van der Waals surface area (Å²) in [5, 5.41) is 0. The molecule has 0 N–H and O–H groups in total. The molecule has 3 heteroatoms. The molecule has 1 nitrogen and oxygen atoms in total.